The molecule has 0 fully saturated rings. The molecule has 0 saturated carbocycles. The molecule has 13 heavy (non-hydrogen) atoms. The van der Waals surface area contributed by atoms with Gasteiger partial charge in [0, 0.05) is 19.0 Å². The van der Waals surface area contributed by atoms with Gasteiger partial charge in [0.2, 0.25) is 5.91 Å². The van der Waals surface area contributed by atoms with Crippen LogP contribution in [0.4, 0.5) is 0 Å². The predicted octanol–water partition coefficient (Wildman–Crippen LogP) is 1.42. The van der Waals surface area contributed by atoms with Crippen LogP contribution in [0.1, 0.15) is 46.5 Å². The summed E-state index contributed by atoms with van der Waals surface area (Å²) in [6.45, 7) is 6.24. The zero-order chi connectivity index (χ0) is 10.3. The molecule has 3 N–H and O–H groups in total. The smallest absolute Gasteiger partial charge is 0.216 e. The molecular formula is C10H22N2O. The molecule has 0 unspecified atom stereocenters. The monoisotopic (exact) mass is 186 g/mol. The Morgan fingerprint density at radius 2 is 2.08 bits per heavy atom. The van der Waals surface area contributed by atoms with Crippen LogP contribution in [-0.4, -0.2) is 18.0 Å². The highest BCUT2D eigenvalue weighted by atomic mass is 16.1. The molecule has 0 rings (SSSR count). The summed E-state index contributed by atoms with van der Waals surface area (Å²) >= 11 is 0. The number of carbonyl (C=O) groups excluding carboxylic acids is 1. The van der Waals surface area contributed by atoms with E-state index in [9.17, 15) is 4.79 Å². The molecule has 0 aliphatic heterocycles. The van der Waals surface area contributed by atoms with Crippen LogP contribution in [0.25, 0.3) is 0 Å². The average molecular weight is 186 g/mol. The van der Waals surface area contributed by atoms with E-state index >= 15 is 0 Å². The van der Waals surface area contributed by atoms with Crippen molar-refractivity contribution in [3.8, 4) is 0 Å². The van der Waals surface area contributed by atoms with Crippen molar-refractivity contribution in [2.75, 3.05) is 6.54 Å². The van der Waals surface area contributed by atoms with Crippen LogP contribution in [0, 0.1) is 0 Å². The maximum atomic E-state index is 10.7. The lowest BCUT2D eigenvalue weighted by Crippen LogP contribution is -2.47. The van der Waals surface area contributed by atoms with E-state index in [0.29, 0.717) is 6.54 Å². The van der Waals surface area contributed by atoms with Gasteiger partial charge in [-0.05, 0) is 13.3 Å². The molecule has 0 bridgehead atoms. The molecule has 1 atom stereocenters. The Hall–Kier alpha value is -0.570. The van der Waals surface area contributed by atoms with Crippen LogP contribution >= 0.6 is 0 Å². The molecule has 3 nitrogen and oxygen atoms in total. The van der Waals surface area contributed by atoms with Gasteiger partial charge >= 0.3 is 0 Å². The van der Waals surface area contributed by atoms with Crippen molar-refractivity contribution in [2.45, 2.75) is 52.0 Å². The number of hydrogen-bond donors (Lipinski definition) is 2. The number of nitrogens with two attached hydrogens (primary N) is 1. The second kappa shape index (κ2) is 5.97. The molecule has 0 heterocycles. The van der Waals surface area contributed by atoms with E-state index < -0.39 is 0 Å². The number of unbranched alkanes of at least 4 members (excludes halogenated alkanes) is 2. The van der Waals surface area contributed by atoms with Crippen molar-refractivity contribution in [2.24, 2.45) is 5.73 Å². The van der Waals surface area contributed by atoms with E-state index in [4.69, 9.17) is 5.73 Å². The third-order valence-electron chi connectivity index (χ3n) is 2.09. The molecule has 0 aliphatic carbocycles. The molecule has 0 spiro atoms. The molecule has 0 saturated heterocycles. The fourth-order valence-corrected chi connectivity index (χ4v) is 1.19. The van der Waals surface area contributed by atoms with E-state index in [1.807, 2.05) is 6.92 Å². The summed E-state index contributed by atoms with van der Waals surface area (Å²) in [5, 5.41) is 2.75. The van der Waals surface area contributed by atoms with E-state index in [2.05, 4.69) is 12.2 Å². The van der Waals surface area contributed by atoms with Crippen molar-refractivity contribution in [3.63, 3.8) is 0 Å². The van der Waals surface area contributed by atoms with Crippen molar-refractivity contribution in [1.82, 2.24) is 5.32 Å². The third kappa shape index (κ3) is 7.78. The highest BCUT2D eigenvalue weighted by Gasteiger charge is 2.17. The van der Waals surface area contributed by atoms with Crippen LogP contribution in [0.2, 0.25) is 0 Å². The van der Waals surface area contributed by atoms with Gasteiger partial charge < -0.3 is 11.1 Å². The minimum absolute atomic E-state index is 0.00725. The van der Waals surface area contributed by atoms with Gasteiger partial charge in [-0.25, -0.2) is 0 Å². The SMILES string of the molecule is CCCCC[C@@](C)(N)CNC(C)=O. The molecule has 0 aliphatic rings. The summed E-state index contributed by atoms with van der Waals surface area (Å²) in [5.74, 6) is -0.00725. The molecule has 0 radical (unpaired) electrons. The topological polar surface area (TPSA) is 55.1 Å². The van der Waals surface area contributed by atoms with E-state index in [0.717, 1.165) is 12.8 Å². The summed E-state index contributed by atoms with van der Waals surface area (Å²) < 4.78 is 0. The molecule has 3 heteroatoms. The van der Waals surface area contributed by atoms with E-state index in [-0.39, 0.29) is 11.4 Å². The first-order valence-electron chi connectivity index (χ1n) is 5.01. The van der Waals surface area contributed by atoms with Gasteiger partial charge in [-0.15, -0.1) is 0 Å². The van der Waals surface area contributed by atoms with Crippen molar-refractivity contribution in [1.29, 1.82) is 0 Å². The van der Waals surface area contributed by atoms with Crippen LogP contribution < -0.4 is 11.1 Å². The lowest BCUT2D eigenvalue weighted by atomic mass is 9.95. The fourth-order valence-electron chi connectivity index (χ4n) is 1.19. The Kier molecular flexibility index (Phi) is 5.71. The van der Waals surface area contributed by atoms with Crippen molar-refractivity contribution >= 4 is 5.91 Å². The zero-order valence-electron chi connectivity index (χ0n) is 9.02. The van der Waals surface area contributed by atoms with Crippen LogP contribution in [0.5, 0.6) is 0 Å². The Morgan fingerprint density at radius 3 is 2.54 bits per heavy atom. The second-order valence-corrected chi connectivity index (χ2v) is 4.02. The molecule has 1 amide bonds. The summed E-state index contributed by atoms with van der Waals surface area (Å²) in [6.07, 6.45) is 4.54. The quantitative estimate of drug-likeness (QED) is 0.616. The van der Waals surface area contributed by atoms with Crippen LogP contribution in [0.15, 0.2) is 0 Å². The number of rotatable bonds is 6. The Labute approximate surface area is 81.1 Å². The minimum Gasteiger partial charge on any atom is -0.355 e. The van der Waals surface area contributed by atoms with Gasteiger partial charge in [-0.1, -0.05) is 26.2 Å². The first-order chi connectivity index (χ1) is 5.98. The third-order valence-corrected chi connectivity index (χ3v) is 2.09. The Bertz CT molecular complexity index is 155. The highest BCUT2D eigenvalue weighted by Crippen LogP contribution is 2.10. The molecular weight excluding hydrogens is 164 g/mol. The van der Waals surface area contributed by atoms with Crippen LogP contribution in [0.3, 0.4) is 0 Å². The van der Waals surface area contributed by atoms with Gasteiger partial charge in [0.15, 0.2) is 0 Å². The summed E-state index contributed by atoms with van der Waals surface area (Å²) in [6, 6.07) is 0. The lowest BCUT2D eigenvalue weighted by Gasteiger charge is -2.24. The van der Waals surface area contributed by atoms with Gasteiger partial charge in [-0.3, -0.25) is 4.79 Å². The summed E-state index contributed by atoms with van der Waals surface area (Å²) in [5.41, 5.74) is 5.74. The normalized spacial score (nSPS) is 15.1. The maximum absolute atomic E-state index is 10.7. The first kappa shape index (κ1) is 12.4. The largest absolute Gasteiger partial charge is 0.355 e. The van der Waals surface area contributed by atoms with Gasteiger partial charge in [-0.2, -0.15) is 0 Å². The number of nitrogens with one attached hydrogen (secondary N) is 1. The summed E-state index contributed by atoms with van der Waals surface area (Å²) in [7, 11) is 0. The summed E-state index contributed by atoms with van der Waals surface area (Å²) in [4.78, 5) is 10.7. The highest BCUT2D eigenvalue weighted by molar-refractivity contribution is 5.72. The van der Waals surface area contributed by atoms with E-state index in [1.165, 1.54) is 19.8 Å². The molecule has 0 aromatic carbocycles. The lowest BCUT2D eigenvalue weighted by molar-refractivity contribution is -0.119. The zero-order valence-corrected chi connectivity index (χ0v) is 9.02. The molecule has 78 valence electrons. The van der Waals surface area contributed by atoms with Gasteiger partial charge in [0.25, 0.3) is 0 Å². The van der Waals surface area contributed by atoms with Crippen LogP contribution in [-0.2, 0) is 4.79 Å². The van der Waals surface area contributed by atoms with E-state index in [1.54, 1.807) is 0 Å². The van der Waals surface area contributed by atoms with Gasteiger partial charge in [0.05, 0.1) is 0 Å². The molecule has 0 aromatic heterocycles. The minimum atomic E-state index is -0.249. The van der Waals surface area contributed by atoms with Gasteiger partial charge in [0.1, 0.15) is 0 Å². The standard InChI is InChI=1S/C10H22N2O/c1-4-5-6-7-10(3,11)8-12-9(2)13/h4-8,11H2,1-3H3,(H,12,13)/t10-/m1/s1. The molecule has 0 aromatic rings. The Balaban J connectivity index is 3.59. The van der Waals surface area contributed by atoms with Crippen molar-refractivity contribution < 1.29 is 4.79 Å². The number of hydrogen-bond acceptors (Lipinski definition) is 2. The Morgan fingerprint density at radius 1 is 1.46 bits per heavy atom. The fraction of sp³-hybridized carbons (Fsp3) is 0.900. The first-order valence-corrected chi connectivity index (χ1v) is 5.01. The number of carbonyl (C=O) groups is 1. The predicted molar refractivity (Wildman–Crippen MR) is 55.4 cm³/mol. The second-order valence-electron chi connectivity index (χ2n) is 4.02. The maximum Gasteiger partial charge on any atom is 0.216 e. The van der Waals surface area contributed by atoms with Crippen molar-refractivity contribution in [3.05, 3.63) is 0 Å². The number of amides is 1. The average Bonchev–Trinajstić information content (AvgIpc) is 2.02.